The van der Waals surface area contributed by atoms with E-state index in [4.69, 9.17) is 19.3 Å². The summed E-state index contributed by atoms with van der Waals surface area (Å²) in [6.07, 6.45) is 3.77. The van der Waals surface area contributed by atoms with Crippen molar-refractivity contribution >= 4 is 34.2 Å². The van der Waals surface area contributed by atoms with Crippen molar-refractivity contribution < 1.29 is 33.7 Å². The average Bonchev–Trinajstić information content (AvgIpc) is 3.17. The standard InChI is InChI=1S/C28H31NO7S/c1-16-17(2)25-21(18(3)24(16)34-13-5-6-23(30)31)11-12-28(4,36-25)15-35-20-9-7-19(8-10-20)14-22-26(32)37-27(33)29-22/h7-10,14H,5-6,11-13,15H2,1-4H3,(H,29,33)(H,30,31). The second-order valence-electron chi connectivity index (χ2n) is 9.63. The summed E-state index contributed by atoms with van der Waals surface area (Å²) in [4.78, 5) is 33.9. The van der Waals surface area contributed by atoms with Gasteiger partial charge in [0.05, 0.1) is 12.3 Å². The quantitative estimate of drug-likeness (QED) is 0.333. The first kappa shape index (κ1) is 26.6. The van der Waals surface area contributed by atoms with Crippen molar-refractivity contribution in [2.45, 2.75) is 59.0 Å². The van der Waals surface area contributed by atoms with Crippen LogP contribution in [0.2, 0.25) is 0 Å². The van der Waals surface area contributed by atoms with Crippen molar-refractivity contribution in [1.29, 1.82) is 0 Å². The molecule has 0 radical (unpaired) electrons. The number of carbonyl (C=O) groups excluding carboxylic acids is 2. The number of hydrogen-bond acceptors (Lipinski definition) is 7. The Bertz CT molecular complexity index is 1270. The van der Waals surface area contributed by atoms with Gasteiger partial charge in [-0.25, -0.2) is 0 Å². The summed E-state index contributed by atoms with van der Waals surface area (Å²) < 4.78 is 18.6. The van der Waals surface area contributed by atoms with Crippen LogP contribution < -0.4 is 19.5 Å². The molecule has 2 N–H and O–H groups in total. The number of fused-ring (bicyclic) bond motifs is 1. The van der Waals surface area contributed by atoms with Crippen LogP contribution in [0.3, 0.4) is 0 Å². The third-order valence-electron chi connectivity index (χ3n) is 6.72. The Morgan fingerprint density at radius 1 is 1.14 bits per heavy atom. The number of amides is 1. The van der Waals surface area contributed by atoms with Gasteiger partial charge in [0, 0.05) is 23.7 Å². The lowest BCUT2D eigenvalue weighted by Gasteiger charge is -2.38. The van der Waals surface area contributed by atoms with E-state index >= 15 is 0 Å². The van der Waals surface area contributed by atoms with Crippen molar-refractivity contribution in [2.75, 3.05) is 13.2 Å². The van der Waals surface area contributed by atoms with Gasteiger partial charge in [0.15, 0.2) is 0 Å². The van der Waals surface area contributed by atoms with E-state index < -0.39 is 11.6 Å². The molecule has 0 aliphatic carbocycles. The van der Waals surface area contributed by atoms with Gasteiger partial charge in [0.2, 0.25) is 5.12 Å². The molecule has 0 bridgehead atoms. The predicted octanol–water partition coefficient (Wildman–Crippen LogP) is 5.34. The molecule has 9 heteroatoms. The second kappa shape index (κ2) is 10.9. The summed E-state index contributed by atoms with van der Waals surface area (Å²) in [5.74, 6) is 1.55. The number of hydrogen-bond donors (Lipinski definition) is 2. The van der Waals surface area contributed by atoms with E-state index in [1.54, 1.807) is 6.08 Å². The van der Waals surface area contributed by atoms with Crippen molar-refractivity contribution in [2.24, 2.45) is 0 Å². The Morgan fingerprint density at radius 2 is 1.86 bits per heavy atom. The molecule has 2 aliphatic rings. The largest absolute Gasteiger partial charge is 0.493 e. The van der Waals surface area contributed by atoms with Crippen LogP contribution in [-0.2, 0) is 16.0 Å². The zero-order valence-corrected chi connectivity index (χ0v) is 22.3. The highest BCUT2D eigenvalue weighted by molar-refractivity contribution is 8.27. The van der Waals surface area contributed by atoms with Crippen molar-refractivity contribution in [1.82, 2.24) is 5.32 Å². The van der Waals surface area contributed by atoms with Crippen LogP contribution in [0.15, 0.2) is 30.0 Å². The van der Waals surface area contributed by atoms with E-state index in [0.29, 0.717) is 37.1 Å². The predicted molar refractivity (Wildman–Crippen MR) is 141 cm³/mol. The summed E-state index contributed by atoms with van der Waals surface area (Å²) >= 11 is 0.656. The van der Waals surface area contributed by atoms with E-state index in [1.165, 1.54) is 0 Å². The lowest BCUT2D eigenvalue weighted by Crippen LogP contribution is -2.42. The molecule has 0 spiro atoms. The topological polar surface area (TPSA) is 111 Å². The van der Waals surface area contributed by atoms with Gasteiger partial charge in [-0.05, 0) is 87.4 Å². The maximum absolute atomic E-state index is 11.8. The van der Waals surface area contributed by atoms with Crippen LogP contribution in [0.4, 0.5) is 4.79 Å². The smallest absolute Gasteiger partial charge is 0.303 e. The molecule has 1 saturated heterocycles. The number of aliphatic carboxylic acids is 1. The summed E-state index contributed by atoms with van der Waals surface area (Å²) in [6, 6.07) is 7.32. The maximum Gasteiger partial charge on any atom is 0.303 e. The highest BCUT2D eigenvalue weighted by Gasteiger charge is 2.35. The van der Waals surface area contributed by atoms with E-state index in [-0.39, 0.29) is 22.5 Å². The molecular weight excluding hydrogens is 494 g/mol. The van der Waals surface area contributed by atoms with Gasteiger partial charge in [0.25, 0.3) is 5.24 Å². The monoisotopic (exact) mass is 525 g/mol. The van der Waals surface area contributed by atoms with Crippen LogP contribution in [-0.4, -0.2) is 40.2 Å². The lowest BCUT2D eigenvalue weighted by molar-refractivity contribution is -0.137. The second-order valence-corrected chi connectivity index (χ2v) is 10.6. The molecule has 2 aromatic carbocycles. The lowest BCUT2D eigenvalue weighted by atomic mass is 9.87. The molecule has 196 valence electrons. The van der Waals surface area contributed by atoms with Gasteiger partial charge in [0.1, 0.15) is 29.5 Å². The fraction of sp³-hybridized carbons (Fsp3) is 0.393. The molecule has 2 heterocycles. The van der Waals surface area contributed by atoms with Crippen molar-refractivity contribution in [3.63, 3.8) is 0 Å². The van der Waals surface area contributed by atoms with Gasteiger partial charge >= 0.3 is 5.97 Å². The number of ether oxygens (including phenoxy) is 3. The van der Waals surface area contributed by atoms with E-state index in [2.05, 4.69) is 5.32 Å². The third-order valence-corrected chi connectivity index (χ3v) is 7.41. The summed E-state index contributed by atoms with van der Waals surface area (Å²) in [5.41, 5.74) is 4.73. The molecule has 1 atom stereocenters. The SMILES string of the molecule is Cc1c(C)c2c(c(C)c1OCCCC(=O)O)CCC(C)(COc1ccc(C=C3NC(=O)SC3=O)cc1)O2. The Morgan fingerprint density at radius 3 is 2.51 bits per heavy atom. The number of benzene rings is 2. The Kier molecular flexibility index (Phi) is 7.82. The first-order chi connectivity index (χ1) is 17.6. The molecule has 0 saturated carbocycles. The van der Waals surface area contributed by atoms with E-state index in [1.807, 2.05) is 52.0 Å². The number of rotatable bonds is 9. The minimum Gasteiger partial charge on any atom is -0.493 e. The summed E-state index contributed by atoms with van der Waals surface area (Å²) in [7, 11) is 0. The number of carboxylic acids is 1. The molecular formula is C28H31NO7S. The fourth-order valence-corrected chi connectivity index (χ4v) is 5.03. The maximum atomic E-state index is 11.8. The van der Waals surface area contributed by atoms with E-state index in [0.717, 1.165) is 52.2 Å². The highest BCUT2D eigenvalue weighted by atomic mass is 32.2. The van der Waals surface area contributed by atoms with Crippen LogP contribution in [0.25, 0.3) is 6.08 Å². The first-order valence-electron chi connectivity index (χ1n) is 12.2. The molecule has 2 aromatic rings. The summed E-state index contributed by atoms with van der Waals surface area (Å²) in [6.45, 7) is 8.82. The number of carbonyl (C=O) groups is 3. The molecule has 1 fully saturated rings. The normalized spacial score (nSPS) is 19.8. The van der Waals surface area contributed by atoms with Crippen LogP contribution >= 0.6 is 11.8 Å². The van der Waals surface area contributed by atoms with E-state index in [9.17, 15) is 14.4 Å². The van der Waals surface area contributed by atoms with Gasteiger partial charge in [-0.2, -0.15) is 0 Å². The fourth-order valence-electron chi connectivity index (χ4n) is 4.48. The average molecular weight is 526 g/mol. The van der Waals surface area contributed by atoms with Crippen molar-refractivity contribution in [3.05, 3.63) is 57.8 Å². The van der Waals surface area contributed by atoms with Crippen LogP contribution in [0, 0.1) is 20.8 Å². The zero-order chi connectivity index (χ0) is 26.7. The van der Waals surface area contributed by atoms with Gasteiger partial charge in [-0.3, -0.25) is 14.4 Å². The number of nitrogens with one attached hydrogen (secondary N) is 1. The zero-order valence-electron chi connectivity index (χ0n) is 21.4. The first-order valence-corrected chi connectivity index (χ1v) is 13.0. The molecule has 0 aromatic heterocycles. The van der Waals surface area contributed by atoms with Gasteiger partial charge in [-0.15, -0.1) is 0 Å². The number of carboxylic acid groups (broad SMARTS) is 1. The highest BCUT2D eigenvalue weighted by Crippen LogP contribution is 2.44. The molecule has 37 heavy (non-hydrogen) atoms. The summed E-state index contributed by atoms with van der Waals surface area (Å²) in [5, 5.41) is 10.7. The molecule has 1 unspecified atom stereocenters. The minimum absolute atomic E-state index is 0.0843. The Hall–Kier alpha value is -3.46. The van der Waals surface area contributed by atoms with Crippen LogP contribution in [0.5, 0.6) is 17.2 Å². The minimum atomic E-state index is -0.823. The van der Waals surface area contributed by atoms with Crippen molar-refractivity contribution in [3.8, 4) is 17.2 Å². The van der Waals surface area contributed by atoms with Gasteiger partial charge in [-0.1, -0.05) is 12.1 Å². The third kappa shape index (κ3) is 6.10. The van der Waals surface area contributed by atoms with Gasteiger partial charge < -0.3 is 24.6 Å². The molecule has 8 nitrogen and oxygen atoms in total. The Balaban J connectivity index is 1.41. The molecule has 1 amide bonds. The van der Waals surface area contributed by atoms with Crippen LogP contribution in [0.1, 0.15) is 54.0 Å². The Labute approximate surface area is 220 Å². The molecule has 2 aliphatic heterocycles. The number of thioether (sulfide) groups is 1. The molecule has 4 rings (SSSR count).